The van der Waals surface area contributed by atoms with Crippen LogP contribution in [0.3, 0.4) is 0 Å². The van der Waals surface area contributed by atoms with E-state index in [1.165, 1.54) is 0 Å². The zero-order chi connectivity index (χ0) is 22.3. The summed E-state index contributed by atoms with van der Waals surface area (Å²) in [5.41, 5.74) is 1.00. The first-order chi connectivity index (χ1) is 14.7. The van der Waals surface area contributed by atoms with Crippen molar-refractivity contribution in [2.24, 2.45) is 17.8 Å². The molecule has 4 nitrogen and oxygen atoms in total. The number of likely N-dealkylation sites (tertiary alicyclic amines) is 1. The van der Waals surface area contributed by atoms with Crippen LogP contribution in [0.15, 0.2) is 41.3 Å². The second kappa shape index (κ2) is 8.34. The second-order valence-corrected chi connectivity index (χ2v) is 9.81. The van der Waals surface area contributed by atoms with Gasteiger partial charge in [-0.25, -0.2) is 13.6 Å². The van der Waals surface area contributed by atoms with Crippen LogP contribution in [0.5, 0.6) is 5.75 Å². The number of hydrogen-bond acceptors (Lipinski definition) is 4. The average molecular weight is 448 g/mol. The van der Waals surface area contributed by atoms with Crippen molar-refractivity contribution < 1.29 is 23.4 Å². The highest BCUT2D eigenvalue weighted by Crippen LogP contribution is 2.51. The minimum atomic E-state index is -0.950. The standard InChI is InChI=1S/C13H10F2OS.C11H17NO2/c1-17-10-4-2-8(3-5-10)9-6-11(14)13(16)12(15)7-9;1-7-8-5-12(6-9(7)8)10(13)14-11(2)3-4-11/h2-7,16H,1H3;7-9H,3-6H2,1-2H3. The lowest BCUT2D eigenvalue weighted by Gasteiger charge is -2.21. The first-order valence-electron chi connectivity index (χ1n) is 10.5. The molecule has 1 amide bonds. The van der Waals surface area contributed by atoms with Crippen molar-refractivity contribution in [3.63, 3.8) is 0 Å². The van der Waals surface area contributed by atoms with E-state index in [0.717, 1.165) is 60.7 Å². The third-order valence-electron chi connectivity index (χ3n) is 6.61. The van der Waals surface area contributed by atoms with E-state index in [1.54, 1.807) is 23.9 Å². The van der Waals surface area contributed by atoms with Crippen LogP contribution < -0.4 is 0 Å². The SMILES string of the molecule is CC1C2CN(C(=O)OC3(C)CC3)CC12.CSc1ccc(-c2cc(F)c(O)c(F)c2)cc1. The number of nitrogens with zero attached hydrogens (tertiary/aromatic N) is 1. The van der Waals surface area contributed by atoms with E-state index in [1.807, 2.05) is 30.2 Å². The number of phenolic OH excluding ortho intramolecular Hbond substituents is 1. The fourth-order valence-corrected chi connectivity index (χ4v) is 4.45. The molecule has 1 heterocycles. The van der Waals surface area contributed by atoms with Gasteiger partial charge in [0, 0.05) is 18.0 Å². The molecule has 2 saturated carbocycles. The van der Waals surface area contributed by atoms with E-state index in [9.17, 15) is 13.6 Å². The number of ether oxygens (including phenoxy) is 1. The van der Waals surface area contributed by atoms with Gasteiger partial charge in [0.05, 0.1) is 0 Å². The summed E-state index contributed by atoms with van der Waals surface area (Å²) >= 11 is 1.59. The van der Waals surface area contributed by atoms with Crippen LogP contribution in [0.4, 0.5) is 13.6 Å². The maximum absolute atomic E-state index is 13.2. The summed E-state index contributed by atoms with van der Waals surface area (Å²) in [6.45, 7) is 6.16. The number of rotatable bonds is 3. The number of hydrogen-bond donors (Lipinski definition) is 1. The van der Waals surface area contributed by atoms with E-state index in [0.29, 0.717) is 11.1 Å². The maximum Gasteiger partial charge on any atom is 0.410 e. The Morgan fingerprint density at radius 3 is 2.13 bits per heavy atom. The normalized spacial score (nSPS) is 24.7. The molecular weight excluding hydrogens is 420 g/mol. The third-order valence-corrected chi connectivity index (χ3v) is 7.35. The fourth-order valence-electron chi connectivity index (χ4n) is 4.04. The summed E-state index contributed by atoms with van der Waals surface area (Å²) in [7, 11) is 0. The molecule has 5 rings (SSSR count). The predicted octanol–water partition coefficient (Wildman–Crippen LogP) is 5.93. The molecule has 1 saturated heterocycles. The Kier molecular flexibility index (Phi) is 5.90. The van der Waals surface area contributed by atoms with Gasteiger partial charge in [-0.3, -0.25) is 0 Å². The van der Waals surface area contributed by atoms with Gasteiger partial charge in [-0.1, -0.05) is 19.1 Å². The van der Waals surface area contributed by atoms with Gasteiger partial charge in [-0.2, -0.15) is 0 Å². The zero-order valence-electron chi connectivity index (χ0n) is 17.9. The van der Waals surface area contributed by atoms with E-state index in [2.05, 4.69) is 6.92 Å². The summed E-state index contributed by atoms with van der Waals surface area (Å²) in [5, 5.41) is 9.01. The van der Waals surface area contributed by atoms with Gasteiger partial charge >= 0.3 is 6.09 Å². The number of halogens is 2. The highest BCUT2D eigenvalue weighted by molar-refractivity contribution is 7.98. The molecule has 31 heavy (non-hydrogen) atoms. The van der Waals surface area contributed by atoms with E-state index >= 15 is 0 Å². The minimum Gasteiger partial charge on any atom is -0.503 e. The van der Waals surface area contributed by atoms with Crippen molar-refractivity contribution in [2.45, 2.75) is 37.2 Å². The lowest BCUT2D eigenvalue weighted by molar-refractivity contribution is 0.0607. The minimum absolute atomic E-state index is 0.0793. The second-order valence-electron chi connectivity index (χ2n) is 8.93. The predicted molar refractivity (Wildman–Crippen MR) is 117 cm³/mol. The molecule has 2 unspecified atom stereocenters. The topological polar surface area (TPSA) is 49.8 Å². The summed E-state index contributed by atoms with van der Waals surface area (Å²) in [5.74, 6) is -0.447. The van der Waals surface area contributed by atoms with Crippen LogP contribution in [-0.2, 0) is 4.74 Å². The number of thioether (sulfide) groups is 1. The monoisotopic (exact) mass is 447 g/mol. The molecule has 2 atom stereocenters. The Balaban J connectivity index is 0.000000151. The Hall–Kier alpha value is -2.28. The summed E-state index contributed by atoms with van der Waals surface area (Å²) < 4.78 is 31.8. The largest absolute Gasteiger partial charge is 0.503 e. The molecule has 1 N–H and O–H groups in total. The van der Waals surface area contributed by atoms with Crippen LogP contribution in [0.2, 0.25) is 0 Å². The Morgan fingerprint density at radius 1 is 1.10 bits per heavy atom. The summed E-state index contributed by atoms with van der Waals surface area (Å²) in [6.07, 6.45) is 3.95. The number of aromatic hydroxyl groups is 1. The van der Waals surface area contributed by atoms with Crippen LogP contribution in [0.25, 0.3) is 11.1 Å². The number of phenols is 1. The quantitative estimate of drug-likeness (QED) is 0.592. The lowest BCUT2D eigenvalue weighted by atomic mass is 10.1. The van der Waals surface area contributed by atoms with Crippen molar-refractivity contribution in [1.29, 1.82) is 0 Å². The molecule has 0 spiro atoms. The molecule has 0 aromatic heterocycles. The van der Waals surface area contributed by atoms with Gasteiger partial charge < -0.3 is 14.7 Å². The van der Waals surface area contributed by atoms with Gasteiger partial charge in [-0.15, -0.1) is 11.8 Å². The van der Waals surface area contributed by atoms with Crippen LogP contribution >= 0.6 is 11.8 Å². The molecule has 0 bridgehead atoms. The smallest absolute Gasteiger partial charge is 0.410 e. The Morgan fingerprint density at radius 2 is 1.65 bits per heavy atom. The number of benzene rings is 2. The number of piperidine rings is 1. The van der Waals surface area contributed by atoms with Crippen LogP contribution in [0, 0.1) is 29.4 Å². The van der Waals surface area contributed by atoms with Crippen LogP contribution in [0.1, 0.15) is 26.7 Å². The molecule has 3 aliphatic rings. The molecular formula is C24H27F2NO3S. The van der Waals surface area contributed by atoms with Crippen molar-refractivity contribution in [1.82, 2.24) is 4.90 Å². The number of amides is 1. The molecule has 2 aromatic carbocycles. The van der Waals surface area contributed by atoms with E-state index < -0.39 is 17.4 Å². The van der Waals surface area contributed by atoms with Gasteiger partial charge in [0.2, 0.25) is 0 Å². The highest BCUT2D eigenvalue weighted by Gasteiger charge is 2.55. The van der Waals surface area contributed by atoms with Crippen molar-refractivity contribution in [2.75, 3.05) is 19.3 Å². The van der Waals surface area contributed by atoms with Gasteiger partial charge in [0.15, 0.2) is 17.4 Å². The summed E-state index contributed by atoms with van der Waals surface area (Å²) in [6, 6.07) is 9.57. The van der Waals surface area contributed by atoms with E-state index in [-0.39, 0.29) is 11.7 Å². The molecule has 3 fully saturated rings. The Labute approximate surface area is 185 Å². The van der Waals surface area contributed by atoms with Crippen molar-refractivity contribution >= 4 is 17.9 Å². The number of fused-ring (bicyclic) bond motifs is 1. The average Bonchev–Trinajstić information content (AvgIpc) is 3.55. The first kappa shape index (κ1) is 21.9. The fraction of sp³-hybridized carbons (Fsp3) is 0.458. The number of carbonyl (C=O) groups excluding carboxylic acids is 1. The molecule has 2 aliphatic carbocycles. The van der Waals surface area contributed by atoms with Gasteiger partial charge in [0.1, 0.15) is 5.60 Å². The van der Waals surface area contributed by atoms with Crippen molar-refractivity contribution in [3.8, 4) is 16.9 Å². The maximum atomic E-state index is 13.2. The third kappa shape index (κ3) is 4.81. The lowest BCUT2D eigenvalue weighted by Crippen LogP contribution is -2.34. The van der Waals surface area contributed by atoms with Gasteiger partial charge in [0.25, 0.3) is 0 Å². The van der Waals surface area contributed by atoms with Crippen LogP contribution in [-0.4, -0.2) is 41.0 Å². The highest BCUT2D eigenvalue weighted by atomic mass is 32.2. The zero-order valence-corrected chi connectivity index (χ0v) is 18.7. The molecule has 2 aromatic rings. The van der Waals surface area contributed by atoms with Gasteiger partial charge in [-0.05, 0) is 79.2 Å². The molecule has 7 heteroatoms. The molecule has 166 valence electrons. The van der Waals surface area contributed by atoms with E-state index in [4.69, 9.17) is 9.84 Å². The van der Waals surface area contributed by atoms with Crippen molar-refractivity contribution in [3.05, 3.63) is 48.0 Å². The molecule has 1 aliphatic heterocycles. The molecule has 0 radical (unpaired) electrons. The first-order valence-corrected chi connectivity index (χ1v) is 11.7. The Bertz CT molecular complexity index is 942. The number of carbonyl (C=O) groups is 1. The summed E-state index contributed by atoms with van der Waals surface area (Å²) in [4.78, 5) is 14.6.